The molecule has 0 aliphatic heterocycles. The molecule has 1 aromatic rings. The van der Waals surface area contributed by atoms with Crippen LogP contribution >= 0.6 is 38.9 Å². The maximum absolute atomic E-state index is 6.44. The molecule has 0 N–H and O–H groups in total. The van der Waals surface area contributed by atoms with Crippen LogP contribution in [0.4, 0.5) is 0 Å². The van der Waals surface area contributed by atoms with Gasteiger partial charge in [-0.2, -0.15) is 0 Å². The van der Waals surface area contributed by atoms with Gasteiger partial charge in [0, 0.05) is 9.35 Å². The Hall–Kier alpha value is 0.470. The fraction of sp³-hybridized carbons (Fsp3) is 0.600. The zero-order valence-electron chi connectivity index (χ0n) is 7.30. The van der Waals surface area contributed by atoms with Gasteiger partial charge in [-0.25, -0.2) is 0 Å². The zero-order valence-corrected chi connectivity index (χ0v) is 10.5. The van der Waals surface area contributed by atoms with Crippen LogP contribution in [-0.2, 0) is 0 Å². The highest BCUT2D eigenvalue weighted by atomic mass is 79.9. The molecule has 0 nitrogen and oxygen atoms in total. The van der Waals surface area contributed by atoms with Crippen LogP contribution in [0.3, 0.4) is 0 Å². The summed E-state index contributed by atoms with van der Waals surface area (Å²) in [4.78, 5) is 1.31. The molecule has 0 aromatic carbocycles. The highest BCUT2D eigenvalue weighted by molar-refractivity contribution is 9.10. The molecule has 1 unspecified atom stereocenters. The van der Waals surface area contributed by atoms with E-state index in [0.29, 0.717) is 5.92 Å². The van der Waals surface area contributed by atoms with Gasteiger partial charge in [-0.3, -0.25) is 0 Å². The van der Waals surface area contributed by atoms with Crippen molar-refractivity contribution in [3.8, 4) is 0 Å². The van der Waals surface area contributed by atoms with E-state index in [1.807, 2.05) is 0 Å². The summed E-state index contributed by atoms with van der Waals surface area (Å²) in [6.45, 7) is 0. The molecular formula is C10H12BrClS. The van der Waals surface area contributed by atoms with Crippen molar-refractivity contribution < 1.29 is 0 Å². The zero-order chi connectivity index (χ0) is 9.26. The third kappa shape index (κ3) is 2.11. The van der Waals surface area contributed by atoms with Gasteiger partial charge in [0.1, 0.15) is 0 Å². The smallest absolute Gasteiger partial charge is 0.0718 e. The lowest BCUT2D eigenvalue weighted by molar-refractivity contribution is 0.533. The third-order valence-electron chi connectivity index (χ3n) is 2.71. The van der Waals surface area contributed by atoms with Gasteiger partial charge in [0.25, 0.3) is 0 Å². The predicted octanol–water partition coefficient (Wildman–Crippen LogP) is 4.98. The molecule has 0 amide bonds. The van der Waals surface area contributed by atoms with Gasteiger partial charge in [0.15, 0.2) is 0 Å². The molecule has 2 rings (SSSR count). The highest BCUT2D eigenvalue weighted by Gasteiger charge is 2.26. The van der Waals surface area contributed by atoms with Crippen LogP contribution in [0, 0.1) is 5.92 Å². The molecule has 1 saturated carbocycles. The molecule has 0 spiro atoms. The van der Waals surface area contributed by atoms with Crippen molar-refractivity contribution in [3.63, 3.8) is 0 Å². The first kappa shape index (κ1) is 10.0. The van der Waals surface area contributed by atoms with E-state index in [9.17, 15) is 0 Å². The minimum Gasteiger partial charge on any atom is -0.146 e. The van der Waals surface area contributed by atoms with Crippen LogP contribution in [0.25, 0.3) is 0 Å². The average Bonchev–Trinajstić information content (AvgIpc) is 2.72. The van der Waals surface area contributed by atoms with Crippen molar-refractivity contribution in [1.29, 1.82) is 0 Å². The van der Waals surface area contributed by atoms with E-state index in [4.69, 9.17) is 11.6 Å². The molecule has 1 aliphatic carbocycles. The van der Waals surface area contributed by atoms with Gasteiger partial charge in [0.05, 0.1) is 5.38 Å². The molecule has 0 radical (unpaired) electrons. The van der Waals surface area contributed by atoms with E-state index in [-0.39, 0.29) is 5.38 Å². The largest absolute Gasteiger partial charge is 0.146 e. The van der Waals surface area contributed by atoms with E-state index in [1.54, 1.807) is 11.3 Å². The van der Waals surface area contributed by atoms with Crippen molar-refractivity contribution in [2.45, 2.75) is 31.1 Å². The Bertz CT molecular complexity index is 278. The van der Waals surface area contributed by atoms with E-state index in [2.05, 4.69) is 27.4 Å². The minimum absolute atomic E-state index is 0.233. The number of rotatable bonds is 2. The first-order valence-electron chi connectivity index (χ1n) is 4.66. The van der Waals surface area contributed by atoms with Crippen LogP contribution in [0.1, 0.15) is 35.9 Å². The van der Waals surface area contributed by atoms with Crippen LogP contribution in [0.15, 0.2) is 15.9 Å². The maximum Gasteiger partial charge on any atom is 0.0718 e. The monoisotopic (exact) mass is 278 g/mol. The van der Waals surface area contributed by atoms with Gasteiger partial charge < -0.3 is 0 Å². The molecular weight excluding hydrogens is 268 g/mol. The normalized spacial score (nSPS) is 20.8. The predicted molar refractivity (Wildman–Crippen MR) is 62.6 cm³/mol. The number of alkyl halides is 1. The lowest BCUT2D eigenvalue weighted by Gasteiger charge is -2.15. The van der Waals surface area contributed by atoms with Crippen molar-refractivity contribution in [3.05, 3.63) is 20.8 Å². The molecule has 1 heterocycles. The van der Waals surface area contributed by atoms with E-state index in [0.717, 1.165) is 0 Å². The third-order valence-corrected chi connectivity index (χ3v) is 5.37. The van der Waals surface area contributed by atoms with Gasteiger partial charge in [-0.1, -0.05) is 12.8 Å². The van der Waals surface area contributed by atoms with Crippen LogP contribution < -0.4 is 0 Å². The van der Waals surface area contributed by atoms with Crippen molar-refractivity contribution in [2.75, 3.05) is 0 Å². The summed E-state index contributed by atoms with van der Waals surface area (Å²) in [6.07, 6.45) is 5.32. The lowest BCUT2D eigenvalue weighted by Crippen LogP contribution is -2.01. The summed E-state index contributed by atoms with van der Waals surface area (Å²) in [5.41, 5.74) is 0. The molecule has 0 saturated heterocycles. The minimum atomic E-state index is 0.233. The number of hydrogen-bond donors (Lipinski definition) is 0. The van der Waals surface area contributed by atoms with Gasteiger partial charge in [-0.05, 0) is 46.1 Å². The first-order chi connectivity index (χ1) is 6.29. The topological polar surface area (TPSA) is 0 Å². The van der Waals surface area contributed by atoms with Crippen LogP contribution in [-0.4, -0.2) is 0 Å². The number of halogens is 2. The van der Waals surface area contributed by atoms with Crippen molar-refractivity contribution in [2.24, 2.45) is 5.92 Å². The number of thiophene rings is 1. The standard InChI is InChI=1S/C10H12BrClS/c11-8-5-6-13-10(8)9(12)7-3-1-2-4-7/h5-7,9H,1-4H2. The van der Waals surface area contributed by atoms with E-state index < -0.39 is 0 Å². The highest BCUT2D eigenvalue weighted by Crippen LogP contribution is 2.44. The fourth-order valence-corrected chi connectivity index (χ4v) is 4.31. The molecule has 1 aromatic heterocycles. The van der Waals surface area contributed by atoms with E-state index in [1.165, 1.54) is 35.0 Å². The fourth-order valence-electron chi connectivity index (χ4n) is 1.97. The summed E-state index contributed by atoms with van der Waals surface area (Å²) in [5.74, 6) is 0.705. The molecule has 3 heteroatoms. The summed E-state index contributed by atoms with van der Waals surface area (Å²) in [7, 11) is 0. The number of hydrogen-bond acceptors (Lipinski definition) is 1. The Labute approximate surface area is 96.4 Å². The van der Waals surface area contributed by atoms with Crippen molar-refractivity contribution >= 4 is 38.9 Å². The second kappa shape index (κ2) is 4.33. The van der Waals surface area contributed by atoms with Gasteiger partial charge >= 0.3 is 0 Å². The molecule has 72 valence electrons. The SMILES string of the molecule is ClC(c1sccc1Br)C1CCCC1. The average molecular weight is 280 g/mol. The van der Waals surface area contributed by atoms with E-state index >= 15 is 0 Å². The summed E-state index contributed by atoms with van der Waals surface area (Å²) >= 11 is 11.7. The van der Waals surface area contributed by atoms with Gasteiger partial charge in [0.2, 0.25) is 0 Å². The Morgan fingerprint density at radius 1 is 1.46 bits per heavy atom. The Morgan fingerprint density at radius 2 is 2.15 bits per heavy atom. The lowest BCUT2D eigenvalue weighted by atomic mass is 10.0. The molecule has 1 atom stereocenters. The molecule has 0 bridgehead atoms. The summed E-state index contributed by atoms with van der Waals surface area (Å²) in [5, 5.41) is 2.33. The molecule has 13 heavy (non-hydrogen) atoms. The summed E-state index contributed by atoms with van der Waals surface area (Å²) in [6, 6.07) is 2.09. The maximum atomic E-state index is 6.44. The Morgan fingerprint density at radius 3 is 2.69 bits per heavy atom. The molecule has 1 aliphatic rings. The van der Waals surface area contributed by atoms with Gasteiger partial charge in [-0.15, -0.1) is 22.9 Å². The Kier molecular flexibility index (Phi) is 3.33. The molecule has 1 fully saturated rings. The van der Waals surface area contributed by atoms with Crippen LogP contribution in [0.5, 0.6) is 0 Å². The first-order valence-corrected chi connectivity index (χ1v) is 6.77. The van der Waals surface area contributed by atoms with Crippen LogP contribution in [0.2, 0.25) is 0 Å². The van der Waals surface area contributed by atoms with Crippen molar-refractivity contribution in [1.82, 2.24) is 0 Å². The summed E-state index contributed by atoms with van der Waals surface area (Å²) < 4.78 is 1.18. The second-order valence-electron chi connectivity index (χ2n) is 3.58. The Balaban J connectivity index is 2.12. The second-order valence-corrected chi connectivity index (χ2v) is 5.85. The quantitative estimate of drug-likeness (QED) is 0.670.